The number of likely N-dealkylation sites (N-methyl/N-ethyl adjacent to an activating group) is 1. The first-order chi connectivity index (χ1) is 14.6. The van der Waals surface area contributed by atoms with Crippen LogP contribution in [0.3, 0.4) is 0 Å². The lowest BCUT2D eigenvalue weighted by molar-refractivity contribution is 0.0522. The van der Waals surface area contributed by atoms with Crippen molar-refractivity contribution in [1.82, 2.24) is 30.6 Å². The molecule has 0 aromatic carbocycles. The van der Waals surface area contributed by atoms with Crippen LogP contribution in [0.5, 0.6) is 0 Å². The Morgan fingerprint density at radius 3 is 2.52 bits per heavy atom. The van der Waals surface area contributed by atoms with E-state index in [9.17, 15) is 4.79 Å². The van der Waals surface area contributed by atoms with Crippen molar-refractivity contribution < 1.29 is 9.53 Å². The lowest BCUT2D eigenvalue weighted by atomic mass is 10.1. The molecule has 1 rings (SSSR count). The highest BCUT2D eigenvalue weighted by atomic mass is 16.6. The third-order valence-corrected chi connectivity index (χ3v) is 4.64. The van der Waals surface area contributed by atoms with Gasteiger partial charge in [0.25, 0.3) is 0 Å². The van der Waals surface area contributed by atoms with E-state index >= 15 is 0 Å². The molecule has 9 nitrogen and oxygen atoms in total. The molecule has 0 saturated carbocycles. The van der Waals surface area contributed by atoms with Crippen molar-refractivity contribution in [1.29, 1.82) is 0 Å². The summed E-state index contributed by atoms with van der Waals surface area (Å²) in [6.45, 7) is 11.6. The summed E-state index contributed by atoms with van der Waals surface area (Å²) in [5.74, 6) is 0.741. The molecule has 1 aromatic heterocycles. The number of aliphatic imine (C=N–C) groups is 1. The molecule has 0 fully saturated rings. The van der Waals surface area contributed by atoms with E-state index in [-0.39, 0.29) is 12.1 Å². The number of hydrogen-bond donors (Lipinski definition) is 3. The van der Waals surface area contributed by atoms with E-state index in [0.717, 1.165) is 37.3 Å². The zero-order valence-electron chi connectivity index (χ0n) is 20.7. The number of unbranched alkanes of at least 4 members (excludes halogenated alkanes) is 1. The van der Waals surface area contributed by atoms with Crippen molar-refractivity contribution in [2.45, 2.75) is 71.6 Å². The average Bonchev–Trinajstić information content (AvgIpc) is 3.08. The zero-order valence-corrected chi connectivity index (χ0v) is 20.7. The first-order valence-electron chi connectivity index (χ1n) is 11.2. The fourth-order valence-electron chi connectivity index (χ4n) is 3.07. The Kier molecular flexibility index (Phi) is 11.4. The van der Waals surface area contributed by atoms with Crippen LogP contribution in [0.1, 0.15) is 65.5 Å². The topological polar surface area (TPSA) is 95.8 Å². The predicted molar refractivity (Wildman–Crippen MR) is 126 cm³/mol. The van der Waals surface area contributed by atoms with Gasteiger partial charge in [-0.1, -0.05) is 19.8 Å². The molecule has 0 aliphatic heterocycles. The SMILES string of the molecule is CCCCC(CNC(=O)OC(C)(C)C)NC(=NCC(c1cnn(C)c1)N(C)C)NCC. The highest BCUT2D eigenvalue weighted by Crippen LogP contribution is 2.17. The second-order valence-electron chi connectivity index (χ2n) is 9.01. The number of alkyl carbamates (subject to hydrolysis) is 1. The van der Waals surface area contributed by atoms with E-state index in [1.807, 2.05) is 65.9 Å². The Labute approximate surface area is 188 Å². The maximum absolute atomic E-state index is 12.1. The van der Waals surface area contributed by atoms with E-state index in [0.29, 0.717) is 13.1 Å². The number of hydrogen-bond acceptors (Lipinski definition) is 5. The summed E-state index contributed by atoms with van der Waals surface area (Å²) in [6, 6.07) is 0.180. The molecular weight excluding hydrogens is 394 g/mol. The Morgan fingerprint density at radius 2 is 2.00 bits per heavy atom. The first-order valence-corrected chi connectivity index (χ1v) is 11.2. The van der Waals surface area contributed by atoms with Crippen molar-refractivity contribution in [3.05, 3.63) is 18.0 Å². The van der Waals surface area contributed by atoms with Crippen molar-refractivity contribution >= 4 is 12.1 Å². The minimum atomic E-state index is -0.514. The molecule has 2 unspecified atom stereocenters. The summed E-state index contributed by atoms with van der Waals surface area (Å²) in [6.07, 6.45) is 6.58. The number of nitrogens with zero attached hydrogens (tertiary/aromatic N) is 4. The Balaban J connectivity index is 2.83. The van der Waals surface area contributed by atoms with Crippen LogP contribution >= 0.6 is 0 Å². The van der Waals surface area contributed by atoms with Crippen LogP contribution in [0, 0.1) is 0 Å². The molecule has 0 aliphatic rings. The van der Waals surface area contributed by atoms with E-state index in [2.05, 4.69) is 32.9 Å². The Morgan fingerprint density at radius 1 is 1.29 bits per heavy atom. The second kappa shape index (κ2) is 13.2. The van der Waals surface area contributed by atoms with Gasteiger partial charge in [-0.2, -0.15) is 5.10 Å². The van der Waals surface area contributed by atoms with E-state index in [1.165, 1.54) is 0 Å². The molecule has 31 heavy (non-hydrogen) atoms. The van der Waals surface area contributed by atoms with Gasteiger partial charge in [-0.3, -0.25) is 9.67 Å². The van der Waals surface area contributed by atoms with Gasteiger partial charge in [0.15, 0.2) is 5.96 Å². The lowest BCUT2D eigenvalue weighted by Crippen LogP contribution is -2.49. The minimum absolute atomic E-state index is 0.0569. The molecule has 9 heteroatoms. The van der Waals surface area contributed by atoms with Crippen molar-refractivity contribution in [2.24, 2.45) is 12.0 Å². The summed E-state index contributed by atoms with van der Waals surface area (Å²) >= 11 is 0. The molecule has 2 atom stereocenters. The monoisotopic (exact) mass is 437 g/mol. The molecule has 0 spiro atoms. The van der Waals surface area contributed by atoms with Crippen LogP contribution < -0.4 is 16.0 Å². The van der Waals surface area contributed by atoms with Crippen LogP contribution in [0.25, 0.3) is 0 Å². The fraction of sp³-hybridized carbons (Fsp3) is 0.773. The van der Waals surface area contributed by atoms with Crippen LogP contribution in [0.4, 0.5) is 4.79 Å². The van der Waals surface area contributed by atoms with Crippen LogP contribution in [-0.4, -0.2) is 72.1 Å². The predicted octanol–water partition coefficient (Wildman–Crippen LogP) is 2.66. The van der Waals surface area contributed by atoms with E-state index in [1.54, 1.807) is 0 Å². The Hall–Kier alpha value is -2.29. The van der Waals surface area contributed by atoms with E-state index < -0.39 is 11.7 Å². The lowest BCUT2D eigenvalue weighted by Gasteiger charge is -2.25. The maximum atomic E-state index is 12.1. The third kappa shape index (κ3) is 11.1. The molecule has 0 radical (unpaired) electrons. The summed E-state index contributed by atoms with van der Waals surface area (Å²) in [5.41, 5.74) is 0.613. The number of aryl methyl sites for hydroxylation is 1. The molecule has 0 bridgehead atoms. The average molecular weight is 438 g/mol. The van der Waals surface area contributed by atoms with Gasteiger partial charge in [-0.25, -0.2) is 4.79 Å². The summed E-state index contributed by atoms with van der Waals surface area (Å²) < 4.78 is 7.17. The van der Waals surface area contributed by atoms with Crippen LogP contribution in [0.2, 0.25) is 0 Å². The second-order valence-corrected chi connectivity index (χ2v) is 9.01. The van der Waals surface area contributed by atoms with Gasteiger partial charge in [0.1, 0.15) is 5.60 Å². The van der Waals surface area contributed by atoms with Crippen LogP contribution in [-0.2, 0) is 11.8 Å². The Bertz CT molecular complexity index is 680. The van der Waals surface area contributed by atoms with Gasteiger partial charge in [-0.05, 0) is 48.2 Å². The van der Waals surface area contributed by atoms with Crippen molar-refractivity contribution in [3.63, 3.8) is 0 Å². The molecule has 3 N–H and O–H groups in total. The number of guanidine groups is 1. The van der Waals surface area contributed by atoms with Gasteiger partial charge < -0.3 is 25.6 Å². The number of ether oxygens (including phenoxy) is 1. The highest BCUT2D eigenvalue weighted by molar-refractivity contribution is 5.80. The summed E-state index contributed by atoms with van der Waals surface area (Å²) in [5, 5.41) is 14.0. The molecule has 0 aliphatic carbocycles. The largest absolute Gasteiger partial charge is 0.444 e. The number of carbonyl (C=O) groups excluding carboxylic acids is 1. The number of amides is 1. The number of rotatable bonds is 11. The van der Waals surface area contributed by atoms with Crippen molar-refractivity contribution in [3.8, 4) is 0 Å². The molecule has 178 valence electrons. The highest BCUT2D eigenvalue weighted by Gasteiger charge is 2.19. The third-order valence-electron chi connectivity index (χ3n) is 4.64. The summed E-state index contributed by atoms with van der Waals surface area (Å²) in [7, 11) is 6.01. The fourth-order valence-corrected chi connectivity index (χ4v) is 3.07. The number of carbonyl (C=O) groups is 1. The molecule has 0 saturated heterocycles. The van der Waals surface area contributed by atoms with Gasteiger partial charge >= 0.3 is 6.09 Å². The number of nitrogens with one attached hydrogen (secondary N) is 3. The van der Waals surface area contributed by atoms with Gasteiger partial charge in [-0.15, -0.1) is 0 Å². The minimum Gasteiger partial charge on any atom is -0.444 e. The maximum Gasteiger partial charge on any atom is 0.407 e. The standard InChI is InChI=1S/C22H43N7O2/c1-9-11-12-18(14-25-21(30)31-22(3,4)5)27-20(23-10-2)24-15-19(28(6)7)17-13-26-29(8)16-17/h13,16,18-19H,9-12,14-15H2,1-8H3,(H,25,30)(H2,23,24,27). The van der Waals surface area contributed by atoms with Gasteiger partial charge in [0.05, 0.1) is 18.8 Å². The number of aromatic nitrogens is 2. The van der Waals surface area contributed by atoms with Crippen LogP contribution in [0.15, 0.2) is 17.4 Å². The normalized spacial score (nSPS) is 14.3. The van der Waals surface area contributed by atoms with Crippen molar-refractivity contribution in [2.75, 3.05) is 33.7 Å². The molecule has 1 heterocycles. The molecule has 1 amide bonds. The molecule has 1 aromatic rings. The summed E-state index contributed by atoms with van der Waals surface area (Å²) in [4.78, 5) is 19.0. The van der Waals surface area contributed by atoms with E-state index in [4.69, 9.17) is 9.73 Å². The van der Waals surface area contributed by atoms with Gasteiger partial charge in [0.2, 0.25) is 0 Å². The smallest absolute Gasteiger partial charge is 0.407 e. The van der Waals surface area contributed by atoms with Gasteiger partial charge in [0, 0.05) is 37.9 Å². The quantitative estimate of drug-likeness (QED) is 0.364. The molecular formula is C22H43N7O2. The zero-order chi connectivity index (χ0) is 23.4. The first kappa shape index (κ1) is 26.7.